The fourth-order valence-electron chi connectivity index (χ4n) is 2.64. The van der Waals surface area contributed by atoms with E-state index in [1.807, 2.05) is 6.07 Å². The minimum atomic E-state index is -1.07. The lowest BCUT2D eigenvalue weighted by Crippen LogP contribution is -2.22. The highest BCUT2D eigenvalue weighted by Crippen LogP contribution is 2.36. The van der Waals surface area contributed by atoms with Crippen LogP contribution in [-0.2, 0) is 0 Å². The molecule has 21 heavy (non-hydrogen) atoms. The van der Waals surface area contributed by atoms with Gasteiger partial charge in [-0.2, -0.15) is 0 Å². The Labute approximate surface area is 121 Å². The SMILES string of the molecule is Cc1ccc(C(=O)C2CCOc3ccccc32)c(F)c1F. The number of benzene rings is 2. The predicted molar refractivity (Wildman–Crippen MR) is 74.7 cm³/mol. The van der Waals surface area contributed by atoms with Gasteiger partial charge in [0.25, 0.3) is 0 Å². The Balaban J connectivity index is 2.03. The van der Waals surface area contributed by atoms with Gasteiger partial charge in [0.2, 0.25) is 0 Å². The first-order valence-electron chi connectivity index (χ1n) is 6.80. The van der Waals surface area contributed by atoms with Crippen molar-refractivity contribution in [1.29, 1.82) is 0 Å². The van der Waals surface area contributed by atoms with Crippen LogP contribution in [0.5, 0.6) is 5.75 Å². The molecule has 1 aliphatic rings. The molecule has 0 radical (unpaired) electrons. The Hall–Kier alpha value is -2.23. The van der Waals surface area contributed by atoms with Crippen LogP contribution in [0.3, 0.4) is 0 Å². The van der Waals surface area contributed by atoms with Crippen molar-refractivity contribution in [2.45, 2.75) is 19.3 Å². The van der Waals surface area contributed by atoms with Gasteiger partial charge >= 0.3 is 0 Å². The van der Waals surface area contributed by atoms with Crippen molar-refractivity contribution in [2.24, 2.45) is 0 Å². The van der Waals surface area contributed by atoms with Crippen LogP contribution in [-0.4, -0.2) is 12.4 Å². The van der Waals surface area contributed by atoms with Crippen molar-refractivity contribution in [1.82, 2.24) is 0 Å². The van der Waals surface area contributed by atoms with E-state index in [0.29, 0.717) is 18.8 Å². The molecular weight excluding hydrogens is 274 g/mol. The molecule has 1 heterocycles. The quantitative estimate of drug-likeness (QED) is 0.780. The van der Waals surface area contributed by atoms with Crippen molar-refractivity contribution in [3.8, 4) is 5.75 Å². The second-order valence-electron chi connectivity index (χ2n) is 5.15. The number of fused-ring (bicyclic) bond motifs is 1. The molecule has 0 fully saturated rings. The maximum Gasteiger partial charge on any atom is 0.173 e. The van der Waals surface area contributed by atoms with Gasteiger partial charge < -0.3 is 4.74 Å². The van der Waals surface area contributed by atoms with Gasteiger partial charge in [-0.3, -0.25) is 4.79 Å². The fraction of sp³-hybridized carbons (Fsp3) is 0.235. The molecule has 2 aromatic rings. The third-order valence-electron chi connectivity index (χ3n) is 3.82. The Morgan fingerprint density at radius 2 is 1.90 bits per heavy atom. The number of carbonyl (C=O) groups is 1. The maximum absolute atomic E-state index is 14.0. The first-order chi connectivity index (χ1) is 10.1. The third-order valence-corrected chi connectivity index (χ3v) is 3.82. The van der Waals surface area contributed by atoms with Gasteiger partial charge in [-0.15, -0.1) is 0 Å². The Morgan fingerprint density at radius 3 is 2.71 bits per heavy atom. The lowest BCUT2D eigenvalue weighted by Gasteiger charge is -2.25. The van der Waals surface area contributed by atoms with E-state index in [2.05, 4.69) is 0 Å². The third kappa shape index (κ3) is 2.31. The second-order valence-corrected chi connectivity index (χ2v) is 5.15. The average Bonchev–Trinajstić information content (AvgIpc) is 2.51. The van der Waals surface area contributed by atoms with E-state index in [4.69, 9.17) is 4.74 Å². The van der Waals surface area contributed by atoms with E-state index < -0.39 is 23.3 Å². The zero-order chi connectivity index (χ0) is 15.0. The molecule has 0 N–H and O–H groups in total. The fourth-order valence-corrected chi connectivity index (χ4v) is 2.64. The molecule has 0 bridgehead atoms. The molecular formula is C17H14F2O2. The van der Waals surface area contributed by atoms with E-state index >= 15 is 0 Å². The van der Waals surface area contributed by atoms with E-state index in [0.717, 1.165) is 5.56 Å². The summed E-state index contributed by atoms with van der Waals surface area (Å²) in [6.07, 6.45) is 0.463. The number of aryl methyl sites for hydroxylation is 1. The summed E-state index contributed by atoms with van der Waals surface area (Å²) < 4.78 is 33.2. The highest BCUT2D eigenvalue weighted by atomic mass is 19.2. The summed E-state index contributed by atoms with van der Waals surface area (Å²) in [6, 6.07) is 9.98. The van der Waals surface area contributed by atoms with Crippen LogP contribution >= 0.6 is 0 Å². The highest BCUT2D eigenvalue weighted by molar-refractivity contribution is 6.01. The molecule has 108 valence electrons. The molecule has 1 atom stereocenters. The molecule has 0 saturated carbocycles. The lowest BCUT2D eigenvalue weighted by molar-refractivity contribution is 0.0928. The summed E-state index contributed by atoms with van der Waals surface area (Å²) >= 11 is 0. The van der Waals surface area contributed by atoms with Gasteiger partial charge in [-0.05, 0) is 31.0 Å². The lowest BCUT2D eigenvalue weighted by atomic mass is 9.86. The van der Waals surface area contributed by atoms with Crippen LogP contribution in [0.25, 0.3) is 0 Å². The first kappa shape index (κ1) is 13.7. The molecule has 1 aliphatic heterocycles. The minimum Gasteiger partial charge on any atom is -0.493 e. The number of ether oxygens (including phenoxy) is 1. The number of halogens is 2. The zero-order valence-electron chi connectivity index (χ0n) is 11.5. The molecule has 4 heteroatoms. The summed E-state index contributed by atoms with van der Waals surface area (Å²) in [7, 11) is 0. The normalized spacial score (nSPS) is 17.0. The summed E-state index contributed by atoms with van der Waals surface area (Å²) in [5.41, 5.74) is 0.727. The number of para-hydroxylation sites is 1. The van der Waals surface area contributed by atoms with Gasteiger partial charge in [0.05, 0.1) is 18.1 Å². The van der Waals surface area contributed by atoms with Gasteiger partial charge in [-0.25, -0.2) is 8.78 Å². The van der Waals surface area contributed by atoms with Crippen LogP contribution in [0.1, 0.15) is 33.8 Å². The molecule has 2 aromatic carbocycles. The molecule has 0 saturated heterocycles. The molecule has 0 amide bonds. The zero-order valence-corrected chi connectivity index (χ0v) is 11.5. The Morgan fingerprint density at radius 1 is 1.14 bits per heavy atom. The van der Waals surface area contributed by atoms with Gasteiger partial charge in [0, 0.05) is 5.56 Å². The van der Waals surface area contributed by atoms with Crippen molar-refractivity contribution >= 4 is 5.78 Å². The monoisotopic (exact) mass is 288 g/mol. The standard InChI is InChI=1S/C17H14F2O2/c1-10-6-7-13(16(19)15(10)18)17(20)12-8-9-21-14-5-3-2-4-11(12)14/h2-7,12H,8-9H2,1H3. The molecule has 2 nitrogen and oxygen atoms in total. The van der Waals surface area contributed by atoms with Crippen molar-refractivity contribution in [3.63, 3.8) is 0 Å². The summed E-state index contributed by atoms with van der Waals surface area (Å²) in [4.78, 5) is 12.6. The van der Waals surface area contributed by atoms with E-state index in [9.17, 15) is 13.6 Å². The Bertz CT molecular complexity index is 710. The van der Waals surface area contributed by atoms with Gasteiger partial charge in [0.1, 0.15) is 5.75 Å². The molecule has 3 rings (SSSR count). The van der Waals surface area contributed by atoms with Crippen LogP contribution < -0.4 is 4.74 Å². The highest BCUT2D eigenvalue weighted by Gasteiger charge is 2.30. The van der Waals surface area contributed by atoms with Crippen molar-refractivity contribution in [2.75, 3.05) is 6.61 Å². The summed E-state index contributed by atoms with van der Waals surface area (Å²) in [5, 5.41) is 0. The number of hydrogen-bond acceptors (Lipinski definition) is 2. The topological polar surface area (TPSA) is 26.3 Å². The van der Waals surface area contributed by atoms with Crippen LogP contribution in [0.2, 0.25) is 0 Å². The summed E-state index contributed by atoms with van der Waals surface area (Å²) in [5.74, 6) is -2.28. The number of hydrogen-bond donors (Lipinski definition) is 0. The van der Waals surface area contributed by atoms with Gasteiger partial charge in [-0.1, -0.05) is 24.3 Å². The number of ketones is 1. The minimum absolute atomic E-state index is 0.191. The molecule has 0 aromatic heterocycles. The van der Waals surface area contributed by atoms with Crippen molar-refractivity contribution in [3.05, 3.63) is 64.7 Å². The number of Topliss-reactive ketones (excluding diaryl/α,β-unsaturated/α-hetero) is 1. The van der Waals surface area contributed by atoms with E-state index in [1.54, 1.807) is 18.2 Å². The Kier molecular flexibility index (Phi) is 3.45. The smallest absolute Gasteiger partial charge is 0.173 e. The molecule has 0 spiro atoms. The molecule has 0 aliphatic carbocycles. The van der Waals surface area contributed by atoms with Gasteiger partial charge in [0.15, 0.2) is 17.4 Å². The molecule has 1 unspecified atom stereocenters. The second kappa shape index (κ2) is 5.28. The number of carbonyl (C=O) groups excluding carboxylic acids is 1. The van der Waals surface area contributed by atoms with Crippen LogP contribution in [0.4, 0.5) is 8.78 Å². The van der Waals surface area contributed by atoms with Crippen LogP contribution in [0.15, 0.2) is 36.4 Å². The van der Waals surface area contributed by atoms with E-state index in [-0.39, 0.29) is 11.1 Å². The largest absolute Gasteiger partial charge is 0.493 e. The maximum atomic E-state index is 14.0. The first-order valence-corrected chi connectivity index (χ1v) is 6.80. The average molecular weight is 288 g/mol. The predicted octanol–water partition coefficient (Wildman–Crippen LogP) is 4.02. The number of rotatable bonds is 2. The van der Waals surface area contributed by atoms with E-state index in [1.165, 1.54) is 19.1 Å². The summed E-state index contributed by atoms with van der Waals surface area (Å²) in [6.45, 7) is 1.86. The van der Waals surface area contributed by atoms with Crippen molar-refractivity contribution < 1.29 is 18.3 Å². The van der Waals surface area contributed by atoms with Crippen LogP contribution in [0, 0.1) is 18.6 Å².